The van der Waals surface area contributed by atoms with E-state index in [-0.39, 0.29) is 0 Å². The fourth-order valence-electron chi connectivity index (χ4n) is 2.33. The fourth-order valence-corrected chi connectivity index (χ4v) is 3.95. The van der Waals surface area contributed by atoms with Crippen LogP contribution in [0, 0.1) is 5.92 Å². The van der Waals surface area contributed by atoms with Crippen LogP contribution in [0.4, 0.5) is 0 Å². The van der Waals surface area contributed by atoms with E-state index in [1.54, 1.807) is 10.4 Å². The third kappa shape index (κ3) is 3.78. The highest BCUT2D eigenvalue weighted by molar-refractivity contribution is 7.86. The highest BCUT2D eigenvalue weighted by Crippen LogP contribution is 2.20. The largest absolute Gasteiger partial charge is 0.319 e. The number of hydrogen-bond acceptors (Lipinski definition) is 3. The third-order valence-corrected chi connectivity index (χ3v) is 5.48. The van der Waals surface area contributed by atoms with Gasteiger partial charge in [0.05, 0.1) is 0 Å². The van der Waals surface area contributed by atoms with Crippen molar-refractivity contribution in [3.63, 3.8) is 0 Å². The molecule has 6 heteroatoms. The molecule has 0 bridgehead atoms. The second kappa shape index (κ2) is 7.23. The lowest BCUT2D eigenvalue weighted by Crippen LogP contribution is -2.47. The first kappa shape index (κ1) is 15.6. The number of nitrogens with zero attached hydrogens (tertiary/aromatic N) is 2. The molecule has 5 nitrogen and oxygen atoms in total. The Morgan fingerprint density at radius 2 is 2.06 bits per heavy atom. The van der Waals surface area contributed by atoms with Crippen LogP contribution in [-0.4, -0.2) is 56.8 Å². The predicted molar refractivity (Wildman–Crippen MR) is 74.6 cm³/mol. The van der Waals surface area contributed by atoms with Crippen LogP contribution in [0.2, 0.25) is 0 Å². The Morgan fingerprint density at radius 1 is 1.44 bits per heavy atom. The zero-order valence-electron chi connectivity index (χ0n) is 11.4. The van der Waals surface area contributed by atoms with Crippen molar-refractivity contribution >= 4 is 10.2 Å². The lowest BCUT2D eigenvalue weighted by atomic mass is 9.98. The van der Waals surface area contributed by atoms with Crippen LogP contribution in [0.3, 0.4) is 0 Å². The smallest absolute Gasteiger partial charge is 0.282 e. The van der Waals surface area contributed by atoms with Crippen molar-refractivity contribution < 1.29 is 8.42 Å². The topological polar surface area (TPSA) is 52.7 Å². The summed E-state index contributed by atoms with van der Waals surface area (Å²) in [4.78, 5) is 0. The zero-order chi connectivity index (χ0) is 13.6. The van der Waals surface area contributed by atoms with Gasteiger partial charge in [-0.25, -0.2) is 0 Å². The van der Waals surface area contributed by atoms with E-state index in [2.05, 4.69) is 11.9 Å². The van der Waals surface area contributed by atoms with Gasteiger partial charge < -0.3 is 5.32 Å². The van der Waals surface area contributed by atoms with Gasteiger partial charge in [-0.15, -0.1) is 6.58 Å². The van der Waals surface area contributed by atoms with E-state index in [1.165, 1.54) is 4.31 Å². The predicted octanol–water partition coefficient (Wildman–Crippen LogP) is 0.671. The number of nitrogens with one attached hydrogen (secondary N) is 1. The van der Waals surface area contributed by atoms with Gasteiger partial charge in [-0.3, -0.25) is 0 Å². The quantitative estimate of drug-likeness (QED) is 0.695. The SMILES string of the molecule is C=CCN(CC)S(=O)(=O)N1CCC(CNC)CC1. The Morgan fingerprint density at radius 3 is 2.50 bits per heavy atom. The van der Waals surface area contributed by atoms with Crippen LogP contribution < -0.4 is 5.32 Å². The van der Waals surface area contributed by atoms with Crippen molar-refractivity contribution in [3.05, 3.63) is 12.7 Å². The van der Waals surface area contributed by atoms with E-state index in [1.807, 2.05) is 14.0 Å². The molecule has 0 aliphatic carbocycles. The summed E-state index contributed by atoms with van der Waals surface area (Å²) < 4.78 is 27.8. The van der Waals surface area contributed by atoms with Crippen LogP contribution in [0.5, 0.6) is 0 Å². The molecule has 0 aromatic rings. The Hall–Kier alpha value is -0.430. The summed E-state index contributed by atoms with van der Waals surface area (Å²) in [6, 6.07) is 0. The monoisotopic (exact) mass is 275 g/mol. The van der Waals surface area contributed by atoms with Crippen LogP contribution in [0.25, 0.3) is 0 Å². The maximum atomic E-state index is 12.4. The zero-order valence-corrected chi connectivity index (χ0v) is 12.2. The Bertz CT molecular complexity index is 348. The fraction of sp³-hybridized carbons (Fsp3) is 0.833. The maximum Gasteiger partial charge on any atom is 0.282 e. The molecule has 106 valence electrons. The minimum absolute atomic E-state index is 0.384. The van der Waals surface area contributed by atoms with Gasteiger partial charge in [0.2, 0.25) is 0 Å². The molecule has 1 N–H and O–H groups in total. The van der Waals surface area contributed by atoms with Gasteiger partial charge in [0, 0.05) is 26.2 Å². The highest BCUT2D eigenvalue weighted by Gasteiger charge is 2.31. The Kier molecular flexibility index (Phi) is 6.28. The Balaban J connectivity index is 2.62. The van der Waals surface area contributed by atoms with Gasteiger partial charge in [0.1, 0.15) is 0 Å². The van der Waals surface area contributed by atoms with E-state index in [9.17, 15) is 8.42 Å². The van der Waals surface area contributed by atoms with Crippen LogP contribution in [-0.2, 0) is 10.2 Å². The van der Waals surface area contributed by atoms with Gasteiger partial charge in [-0.05, 0) is 32.4 Å². The third-order valence-electron chi connectivity index (χ3n) is 3.40. The lowest BCUT2D eigenvalue weighted by Gasteiger charge is -2.34. The summed E-state index contributed by atoms with van der Waals surface area (Å²) in [6.45, 7) is 8.57. The molecule has 0 unspecified atom stereocenters. The Labute approximate surface area is 111 Å². The number of hydrogen-bond donors (Lipinski definition) is 1. The standard InChI is InChI=1S/C12H25N3O2S/c1-4-8-14(5-2)18(16,17)15-9-6-12(7-10-15)11-13-3/h4,12-13H,1,5-11H2,2-3H3. The first-order valence-corrected chi connectivity index (χ1v) is 7.96. The normalized spacial score (nSPS) is 19.3. The molecule has 0 saturated carbocycles. The average molecular weight is 275 g/mol. The van der Waals surface area contributed by atoms with Gasteiger partial charge in [-0.1, -0.05) is 13.0 Å². The summed E-state index contributed by atoms with van der Waals surface area (Å²) in [5.74, 6) is 0.593. The molecule has 0 atom stereocenters. The molecular formula is C12H25N3O2S. The van der Waals surface area contributed by atoms with E-state index < -0.39 is 10.2 Å². The van der Waals surface area contributed by atoms with Gasteiger partial charge in [0.25, 0.3) is 10.2 Å². The summed E-state index contributed by atoms with van der Waals surface area (Å²) >= 11 is 0. The highest BCUT2D eigenvalue weighted by atomic mass is 32.2. The number of piperidine rings is 1. The molecule has 18 heavy (non-hydrogen) atoms. The van der Waals surface area contributed by atoms with Crippen molar-refractivity contribution in [3.8, 4) is 0 Å². The molecule has 1 aliphatic heterocycles. The number of rotatable bonds is 7. The summed E-state index contributed by atoms with van der Waals surface area (Å²) in [6.07, 6.45) is 3.51. The van der Waals surface area contributed by atoms with Crippen molar-refractivity contribution in [1.82, 2.24) is 13.9 Å². The second-order valence-corrected chi connectivity index (χ2v) is 6.58. The molecule has 1 fully saturated rings. The van der Waals surface area contributed by atoms with Crippen molar-refractivity contribution in [2.24, 2.45) is 5.92 Å². The summed E-state index contributed by atoms with van der Waals surface area (Å²) in [5, 5.41) is 3.15. The van der Waals surface area contributed by atoms with Gasteiger partial charge >= 0.3 is 0 Å². The van der Waals surface area contributed by atoms with Crippen LogP contribution in [0.15, 0.2) is 12.7 Å². The molecular weight excluding hydrogens is 250 g/mol. The van der Waals surface area contributed by atoms with E-state index in [0.29, 0.717) is 32.1 Å². The van der Waals surface area contributed by atoms with E-state index >= 15 is 0 Å². The summed E-state index contributed by atoms with van der Waals surface area (Å²) in [5.41, 5.74) is 0. The van der Waals surface area contributed by atoms with Crippen LogP contribution in [0.1, 0.15) is 19.8 Å². The van der Waals surface area contributed by atoms with E-state index in [0.717, 1.165) is 19.4 Å². The molecule has 0 spiro atoms. The molecule has 0 amide bonds. The minimum atomic E-state index is -3.30. The molecule has 0 aromatic carbocycles. The summed E-state index contributed by atoms with van der Waals surface area (Å²) in [7, 11) is -1.36. The molecule has 1 saturated heterocycles. The van der Waals surface area contributed by atoms with Gasteiger partial charge in [-0.2, -0.15) is 17.0 Å². The molecule has 0 aromatic heterocycles. The second-order valence-electron chi connectivity index (χ2n) is 4.65. The molecule has 1 rings (SSSR count). The van der Waals surface area contributed by atoms with E-state index in [4.69, 9.17) is 0 Å². The average Bonchev–Trinajstić information content (AvgIpc) is 2.36. The van der Waals surface area contributed by atoms with Gasteiger partial charge in [0.15, 0.2) is 0 Å². The molecule has 1 aliphatic rings. The minimum Gasteiger partial charge on any atom is -0.319 e. The first-order chi connectivity index (χ1) is 8.56. The first-order valence-electron chi connectivity index (χ1n) is 6.57. The molecule has 0 radical (unpaired) electrons. The van der Waals surface area contributed by atoms with Crippen LogP contribution >= 0.6 is 0 Å². The lowest BCUT2D eigenvalue weighted by molar-refractivity contribution is 0.255. The van der Waals surface area contributed by atoms with Crippen molar-refractivity contribution in [2.45, 2.75) is 19.8 Å². The number of likely N-dealkylation sites (N-methyl/N-ethyl adjacent to an activating group) is 1. The van der Waals surface area contributed by atoms with Crippen molar-refractivity contribution in [2.75, 3.05) is 39.8 Å². The molecule has 1 heterocycles. The maximum absolute atomic E-state index is 12.4. The van der Waals surface area contributed by atoms with Crippen molar-refractivity contribution in [1.29, 1.82) is 0 Å².